The molecule has 0 amide bonds. The van der Waals surface area contributed by atoms with Gasteiger partial charge in [-0.05, 0) is 12.1 Å². The van der Waals surface area contributed by atoms with Crippen LogP contribution in [-0.2, 0) is 16.6 Å². The quantitative estimate of drug-likeness (QED) is 0.875. The highest BCUT2D eigenvalue weighted by molar-refractivity contribution is 7.89. The summed E-state index contributed by atoms with van der Waals surface area (Å²) in [4.78, 5) is 1.39. The second-order valence-electron chi connectivity index (χ2n) is 5.87. The van der Waals surface area contributed by atoms with E-state index in [0.29, 0.717) is 13.1 Å². The van der Waals surface area contributed by atoms with E-state index in [0.717, 1.165) is 19.6 Å². The lowest BCUT2D eigenvalue weighted by Crippen LogP contribution is -3.13. The Hall–Kier alpha value is -1.11. The highest BCUT2D eigenvalue weighted by Gasteiger charge is 2.33. The summed E-state index contributed by atoms with van der Waals surface area (Å²) in [6.07, 6.45) is 0. The molecule has 1 N–H and O–H groups in total. The van der Waals surface area contributed by atoms with E-state index < -0.39 is 10.0 Å². The molecule has 0 unspecified atom stereocenters. The number of rotatable bonds is 4. The lowest BCUT2D eigenvalue weighted by molar-refractivity contribution is -0.917. The van der Waals surface area contributed by atoms with Gasteiger partial charge in [-0.15, -0.1) is 0 Å². The zero-order chi connectivity index (χ0) is 17.2. The smallest absolute Gasteiger partial charge is 0.246 e. The zero-order valence-corrected chi connectivity index (χ0v) is 15.4. The van der Waals surface area contributed by atoms with Crippen LogP contribution in [0.5, 0.6) is 0 Å². The molecular weight excluding hydrogens is 367 g/mol. The summed E-state index contributed by atoms with van der Waals surface area (Å²) >= 11 is 12.1. The van der Waals surface area contributed by atoms with Crippen molar-refractivity contribution >= 4 is 33.2 Å². The number of hydrogen-bond donors (Lipinski definition) is 1. The van der Waals surface area contributed by atoms with Crippen LogP contribution in [0.25, 0.3) is 0 Å². The molecule has 0 aliphatic carbocycles. The van der Waals surface area contributed by atoms with Crippen molar-refractivity contribution in [1.82, 2.24) is 4.31 Å². The average Bonchev–Trinajstić information content (AvgIpc) is 2.56. The molecule has 1 fully saturated rings. The number of piperazine rings is 1. The number of sulfonamides is 1. The highest BCUT2D eigenvalue weighted by Crippen LogP contribution is 2.31. The van der Waals surface area contributed by atoms with Crippen LogP contribution in [-0.4, -0.2) is 38.9 Å². The molecular formula is C17H19Cl2N2O2S+. The van der Waals surface area contributed by atoms with Gasteiger partial charge in [0, 0.05) is 5.56 Å². The molecule has 1 aliphatic heterocycles. The van der Waals surface area contributed by atoms with Gasteiger partial charge in [-0.25, -0.2) is 8.42 Å². The van der Waals surface area contributed by atoms with Gasteiger partial charge in [0.05, 0.1) is 36.2 Å². The summed E-state index contributed by atoms with van der Waals surface area (Å²) < 4.78 is 27.2. The Bertz CT molecular complexity index is 784. The third-order valence-electron chi connectivity index (χ3n) is 4.24. The fraction of sp³-hybridized carbons (Fsp3) is 0.294. The molecule has 24 heavy (non-hydrogen) atoms. The van der Waals surface area contributed by atoms with Gasteiger partial charge in [0.15, 0.2) is 0 Å². The largest absolute Gasteiger partial charge is 0.329 e. The standard InChI is InChI=1S/C17H18Cl2N2O2S/c18-15-7-4-8-16(19)17(15)24(22,23)21-11-9-20(10-12-21)13-14-5-2-1-3-6-14/h1-8H,9-13H2/p+1. The predicted molar refractivity (Wildman–Crippen MR) is 96.1 cm³/mol. The molecule has 2 aromatic rings. The molecule has 2 aromatic carbocycles. The van der Waals surface area contributed by atoms with Crippen molar-refractivity contribution in [3.05, 3.63) is 64.1 Å². The number of benzene rings is 2. The Morgan fingerprint density at radius 3 is 2.08 bits per heavy atom. The molecule has 1 saturated heterocycles. The summed E-state index contributed by atoms with van der Waals surface area (Å²) in [7, 11) is -3.66. The Balaban J connectivity index is 1.70. The van der Waals surface area contributed by atoms with Gasteiger partial charge < -0.3 is 4.90 Å². The van der Waals surface area contributed by atoms with Crippen molar-refractivity contribution in [2.75, 3.05) is 26.2 Å². The Labute approximate surface area is 152 Å². The number of halogens is 2. The minimum absolute atomic E-state index is 0.0137. The fourth-order valence-electron chi connectivity index (χ4n) is 2.96. The summed E-state index contributed by atoms with van der Waals surface area (Å²) in [6.45, 7) is 3.35. The maximum absolute atomic E-state index is 12.8. The van der Waals surface area contributed by atoms with E-state index in [1.807, 2.05) is 18.2 Å². The lowest BCUT2D eigenvalue weighted by atomic mass is 10.2. The monoisotopic (exact) mass is 385 g/mol. The van der Waals surface area contributed by atoms with E-state index in [2.05, 4.69) is 12.1 Å². The van der Waals surface area contributed by atoms with Crippen LogP contribution in [0.15, 0.2) is 53.4 Å². The first-order valence-electron chi connectivity index (χ1n) is 7.80. The molecule has 7 heteroatoms. The zero-order valence-electron chi connectivity index (χ0n) is 13.1. The first-order chi connectivity index (χ1) is 11.5. The second-order valence-corrected chi connectivity index (χ2v) is 8.56. The minimum Gasteiger partial charge on any atom is -0.329 e. The average molecular weight is 386 g/mol. The Kier molecular flexibility index (Phi) is 5.47. The van der Waals surface area contributed by atoms with Crippen molar-refractivity contribution in [3.63, 3.8) is 0 Å². The van der Waals surface area contributed by atoms with Crippen LogP contribution in [0, 0.1) is 0 Å². The van der Waals surface area contributed by atoms with E-state index in [1.165, 1.54) is 14.8 Å². The van der Waals surface area contributed by atoms with Gasteiger partial charge in [0.1, 0.15) is 11.4 Å². The van der Waals surface area contributed by atoms with Gasteiger partial charge >= 0.3 is 0 Å². The van der Waals surface area contributed by atoms with Crippen LogP contribution in [0.1, 0.15) is 5.56 Å². The van der Waals surface area contributed by atoms with Crippen molar-refractivity contribution in [2.45, 2.75) is 11.4 Å². The third kappa shape index (κ3) is 3.76. The Morgan fingerprint density at radius 1 is 0.917 bits per heavy atom. The highest BCUT2D eigenvalue weighted by atomic mass is 35.5. The van der Waals surface area contributed by atoms with Gasteiger partial charge in [0.2, 0.25) is 10.0 Å². The van der Waals surface area contributed by atoms with E-state index in [9.17, 15) is 8.42 Å². The third-order valence-corrected chi connectivity index (χ3v) is 7.10. The van der Waals surface area contributed by atoms with Crippen molar-refractivity contribution in [3.8, 4) is 0 Å². The normalized spacial score (nSPS) is 17.1. The summed E-state index contributed by atoms with van der Waals surface area (Å²) in [5, 5.41) is 0.336. The first kappa shape index (κ1) is 17.7. The molecule has 1 heterocycles. The predicted octanol–water partition coefficient (Wildman–Crippen LogP) is 2.08. The van der Waals surface area contributed by atoms with E-state index in [-0.39, 0.29) is 14.9 Å². The van der Waals surface area contributed by atoms with Gasteiger partial charge in [-0.2, -0.15) is 4.31 Å². The molecule has 1 aliphatic rings. The van der Waals surface area contributed by atoms with Gasteiger partial charge in [-0.1, -0.05) is 59.6 Å². The minimum atomic E-state index is -3.66. The van der Waals surface area contributed by atoms with Crippen LogP contribution < -0.4 is 4.90 Å². The summed E-state index contributed by atoms with van der Waals surface area (Å²) in [5.74, 6) is 0. The molecule has 4 nitrogen and oxygen atoms in total. The van der Waals surface area contributed by atoms with E-state index in [1.54, 1.807) is 18.2 Å². The topological polar surface area (TPSA) is 41.8 Å². The van der Waals surface area contributed by atoms with Gasteiger partial charge in [-0.3, -0.25) is 0 Å². The summed E-state index contributed by atoms with van der Waals surface area (Å²) in [5.41, 5.74) is 1.26. The Morgan fingerprint density at radius 2 is 1.50 bits per heavy atom. The van der Waals surface area contributed by atoms with Crippen molar-refractivity contribution in [2.24, 2.45) is 0 Å². The molecule has 0 spiro atoms. The van der Waals surface area contributed by atoms with Crippen LogP contribution >= 0.6 is 23.2 Å². The van der Waals surface area contributed by atoms with E-state index in [4.69, 9.17) is 23.2 Å². The van der Waals surface area contributed by atoms with Crippen molar-refractivity contribution in [1.29, 1.82) is 0 Å². The molecule has 0 saturated carbocycles. The lowest BCUT2D eigenvalue weighted by Gasteiger charge is -2.31. The number of nitrogens with one attached hydrogen (secondary N) is 1. The fourth-order valence-corrected chi connectivity index (χ4v) is 5.50. The van der Waals surface area contributed by atoms with Crippen LogP contribution in [0.4, 0.5) is 0 Å². The van der Waals surface area contributed by atoms with Crippen LogP contribution in [0.3, 0.4) is 0 Å². The maximum atomic E-state index is 12.8. The second kappa shape index (κ2) is 7.42. The molecule has 0 aromatic heterocycles. The number of quaternary nitrogens is 1. The number of hydrogen-bond acceptors (Lipinski definition) is 2. The maximum Gasteiger partial charge on any atom is 0.246 e. The summed E-state index contributed by atoms with van der Waals surface area (Å²) in [6, 6.07) is 15.0. The molecule has 0 atom stereocenters. The van der Waals surface area contributed by atoms with Crippen molar-refractivity contribution < 1.29 is 13.3 Å². The molecule has 128 valence electrons. The van der Waals surface area contributed by atoms with E-state index >= 15 is 0 Å². The van der Waals surface area contributed by atoms with Gasteiger partial charge in [0.25, 0.3) is 0 Å². The van der Waals surface area contributed by atoms with Crippen LogP contribution in [0.2, 0.25) is 10.0 Å². The molecule has 0 radical (unpaired) electrons. The molecule has 3 rings (SSSR count). The number of nitrogens with zero attached hydrogens (tertiary/aromatic N) is 1. The SMILES string of the molecule is O=S(=O)(c1c(Cl)cccc1Cl)N1CC[NH+](Cc2ccccc2)CC1. The molecule has 0 bridgehead atoms. The first-order valence-corrected chi connectivity index (χ1v) is 10.00.